The Kier molecular flexibility index (Phi) is 3.90. The number of aromatic nitrogens is 3. The molecular weight excluding hydrogens is 270 g/mol. The zero-order chi connectivity index (χ0) is 14.8. The molecule has 0 radical (unpaired) electrons. The summed E-state index contributed by atoms with van der Waals surface area (Å²) in [7, 11) is 0. The molecule has 0 saturated carbocycles. The number of amides is 2. The topological polar surface area (TPSA) is 88.9 Å². The van der Waals surface area contributed by atoms with E-state index >= 15 is 0 Å². The zero-order valence-corrected chi connectivity index (χ0v) is 12.3. The highest BCUT2D eigenvalue weighted by Crippen LogP contribution is 2.19. The molecule has 2 atom stereocenters. The Morgan fingerprint density at radius 3 is 2.95 bits per heavy atom. The molecule has 0 aromatic carbocycles. The van der Waals surface area contributed by atoms with Crippen LogP contribution < -0.4 is 10.6 Å². The molecule has 21 heavy (non-hydrogen) atoms. The van der Waals surface area contributed by atoms with Crippen LogP contribution in [-0.4, -0.2) is 32.6 Å². The van der Waals surface area contributed by atoms with Crippen LogP contribution in [0.15, 0.2) is 0 Å². The van der Waals surface area contributed by atoms with E-state index in [2.05, 4.69) is 25.4 Å². The highest BCUT2D eigenvalue weighted by atomic mass is 16.2. The molecule has 2 N–H and O–H groups in total. The molecule has 3 rings (SSSR count). The van der Waals surface area contributed by atoms with Crippen LogP contribution in [0.2, 0.25) is 0 Å². The van der Waals surface area contributed by atoms with Gasteiger partial charge in [0.15, 0.2) is 5.82 Å². The standard InChI is InChI=1S/C14H21N5O2/c1-9(15-14(21)10-6-7-12(20)16-10)13-18-17-11-5-3-2-4-8-19(11)13/h9-10H,2-8H2,1H3,(H,15,21)(H,16,20)/t9-,10-/m1/s1. The minimum Gasteiger partial charge on any atom is -0.345 e. The highest BCUT2D eigenvalue weighted by Gasteiger charge is 2.29. The summed E-state index contributed by atoms with van der Waals surface area (Å²) >= 11 is 0. The van der Waals surface area contributed by atoms with Gasteiger partial charge in [0.1, 0.15) is 11.9 Å². The predicted octanol–water partition coefficient (Wildman–Crippen LogP) is 0.460. The summed E-state index contributed by atoms with van der Waals surface area (Å²) in [6, 6.07) is -0.610. The van der Waals surface area contributed by atoms with Crippen molar-refractivity contribution >= 4 is 11.8 Å². The second-order valence-electron chi connectivity index (χ2n) is 5.83. The van der Waals surface area contributed by atoms with Crippen molar-refractivity contribution in [1.29, 1.82) is 0 Å². The molecule has 7 nitrogen and oxygen atoms in total. The van der Waals surface area contributed by atoms with Gasteiger partial charge in [0.05, 0.1) is 6.04 Å². The number of carbonyl (C=O) groups is 2. The molecule has 1 aromatic heterocycles. The highest BCUT2D eigenvalue weighted by molar-refractivity contribution is 5.90. The van der Waals surface area contributed by atoms with Crippen molar-refractivity contribution in [2.45, 2.75) is 64.1 Å². The van der Waals surface area contributed by atoms with Crippen LogP contribution in [0.3, 0.4) is 0 Å². The molecule has 114 valence electrons. The van der Waals surface area contributed by atoms with Gasteiger partial charge in [-0.3, -0.25) is 9.59 Å². The molecule has 2 amide bonds. The second-order valence-corrected chi connectivity index (χ2v) is 5.83. The molecule has 2 aliphatic heterocycles. The lowest BCUT2D eigenvalue weighted by atomic mass is 10.2. The summed E-state index contributed by atoms with van der Waals surface area (Å²) in [6.45, 7) is 2.83. The first-order valence-corrected chi connectivity index (χ1v) is 7.67. The minimum atomic E-state index is -0.411. The van der Waals surface area contributed by atoms with E-state index < -0.39 is 6.04 Å². The molecule has 1 aromatic rings. The van der Waals surface area contributed by atoms with Gasteiger partial charge in [-0.15, -0.1) is 10.2 Å². The maximum atomic E-state index is 12.1. The van der Waals surface area contributed by atoms with E-state index in [4.69, 9.17) is 0 Å². The third-order valence-electron chi connectivity index (χ3n) is 4.20. The second kappa shape index (κ2) is 5.83. The van der Waals surface area contributed by atoms with E-state index in [-0.39, 0.29) is 17.9 Å². The van der Waals surface area contributed by atoms with Crippen molar-refractivity contribution < 1.29 is 9.59 Å². The normalized spacial score (nSPS) is 23.1. The van der Waals surface area contributed by atoms with Crippen molar-refractivity contribution in [2.75, 3.05) is 0 Å². The van der Waals surface area contributed by atoms with E-state index in [1.807, 2.05) is 6.92 Å². The predicted molar refractivity (Wildman–Crippen MR) is 75.3 cm³/mol. The van der Waals surface area contributed by atoms with E-state index in [0.29, 0.717) is 12.8 Å². The van der Waals surface area contributed by atoms with E-state index in [9.17, 15) is 9.59 Å². The Morgan fingerprint density at radius 1 is 1.33 bits per heavy atom. The van der Waals surface area contributed by atoms with Crippen LogP contribution in [0.25, 0.3) is 0 Å². The van der Waals surface area contributed by atoms with Crippen molar-refractivity contribution in [1.82, 2.24) is 25.4 Å². The van der Waals surface area contributed by atoms with Crippen LogP contribution in [0.5, 0.6) is 0 Å². The van der Waals surface area contributed by atoms with Crippen LogP contribution in [0.4, 0.5) is 0 Å². The maximum absolute atomic E-state index is 12.1. The molecule has 2 aliphatic rings. The summed E-state index contributed by atoms with van der Waals surface area (Å²) in [5, 5.41) is 14.1. The summed E-state index contributed by atoms with van der Waals surface area (Å²) in [6.07, 6.45) is 5.41. The molecule has 0 spiro atoms. The lowest BCUT2D eigenvalue weighted by Gasteiger charge is -2.17. The lowest BCUT2D eigenvalue weighted by molar-refractivity contribution is -0.126. The number of aryl methyl sites for hydroxylation is 1. The maximum Gasteiger partial charge on any atom is 0.243 e. The van der Waals surface area contributed by atoms with Crippen LogP contribution in [0, 0.1) is 0 Å². The minimum absolute atomic E-state index is 0.0563. The van der Waals surface area contributed by atoms with E-state index in [1.54, 1.807) is 0 Å². The Hall–Kier alpha value is -1.92. The number of rotatable bonds is 3. The molecule has 1 fully saturated rings. The fourth-order valence-corrected chi connectivity index (χ4v) is 3.02. The van der Waals surface area contributed by atoms with Crippen molar-refractivity contribution in [3.63, 3.8) is 0 Å². The summed E-state index contributed by atoms with van der Waals surface area (Å²) < 4.78 is 2.13. The number of fused-ring (bicyclic) bond motifs is 1. The van der Waals surface area contributed by atoms with Crippen LogP contribution >= 0.6 is 0 Å². The Balaban J connectivity index is 1.68. The summed E-state index contributed by atoms with van der Waals surface area (Å²) in [5.74, 6) is 1.63. The van der Waals surface area contributed by atoms with Gasteiger partial charge in [-0.25, -0.2) is 0 Å². The SMILES string of the molecule is C[C@@H](NC(=O)[C@H]1CCC(=O)N1)c1nnc2n1CCCCC2. The van der Waals surface area contributed by atoms with Crippen LogP contribution in [0.1, 0.15) is 56.7 Å². The van der Waals surface area contributed by atoms with E-state index in [1.165, 1.54) is 6.42 Å². The van der Waals surface area contributed by atoms with Gasteiger partial charge >= 0.3 is 0 Å². The van der Waals surface area contributed by atoms with Gasteiger partial charge < -0.3 is 15.2 Å². The first-order valence-electron chi connectivity index (χ1n) is 7.67. The van der Waals surface area contributed by atoms with Gasteiger partial charge in [-0.05, 0) is 26.2 Å². The fourth-order valence-electron chi connectivity index (χ4n) is 3.02. The van der Waals surface area contributed by atoms with Gasteiger partial charge in [0, 0.05) is 19.4 Å². The van der Waals surface area contributed by atoms with Gasteiger partial charge in [-0.1, -0.05) is 6.42 Å². The summed E-state index contributed by atoms with van der Waals surface area (Å²) in [5.41, 5.74) is 0. The van der Waals surface area contributed by atoms with Gasteiger partial charge in [0.25, 0.3) is 0 Å². The molecule has 0 bridgehead atoms. The number of nitrogens with zero attached hydrogens (tertiary/aromatic N) is 3. The Bertz CT molecular complexity index is 554. The summed E-state index contributed by atoms with van der Waals surface area (Å²) in [4.78, 5) is 23.3. The third kappa shape index (κ3) is 2.91. The lowest BCUT2D eigenvalue weighted by Crippen LogP contribution is -2.43. The number of hydrogen-bond acceptors (Lipinski definition) is 4. The third-order valence-corrected chi connectivity index (χ3v) is 4.20. The largest absolute Gasteiger partial charge is 0.345 e. The van der Waals surface area contributed by atoms with E-state index in [0.717, 1.165) is 37.5 Å². The smallest absolute Gasteiger partial charge is 0.243 e. The molecule has 0 aliphatic carbocycles. The first kappa shape index (κ1) is 14.0. The Morgan fingerprint density at radius 2 is 2.19 bits per heavy atom. The molecule has 0 unspecified atom stereocenters. The molecular formula is C14H21N5O2. The number of hydrogen-bond donors (Lipinski definition) is 2. The quantitative estimate of drug-likeness (QED) is 0.846. The first-order chi connectivity index (χ1) is 10.1. The van der Waals surface area contributed by atoms with Crippen molar-refractivity contribution in [3.8, 4) is 0 Å². The average Bonchev–Trinajstić information content (AvgIpc) is 2.99. The number of nitrogens with one attached hydrogen (secondary N) is 2. The average molecular weight is 291 g/mol. The van der Waals surface area contributed by atoms with Gasteiger partial charge in [0.2, 0.25) is 11.8 Å². The van der Waals surface area contributed by atoms with Crippen molar-refractivity contribution in [2.24, 2.45) is 0 Å². The Labute approximate surface area is 123 Å². The van der Waals surface area contributed by atoms with Gasteiger partial charge in [-0.2, -0.15) is 0 Å². The molecule has 1 saturated heterocycles. The van der Waals surface area contributed by atoms with Crippen molar-refractivity contribution in [3.05, 3.63) is 11.6 Å². The number of carbonyl (C=O) groups excluding carboxylic acids is 2. The fraction of sp³-hybridized carbons (Fsp3) is 0.714. The van der Waals surface area contributed by atoms with Crippen LogP contribution in [-0.2, 0) is 22.6 Å². The monoisotopic (exact) mass is 291 g/mol. The molecule has 3 heterocycles. The zero-order valence-electron chi connectivity index (χ0n) is 12.3. The molecule has 7 heteroatoms.